The Morgan fingerprint density at radius 2 is 1.89 bits per heavy atom. The lowest BCUT2D eigenvalue weighted by Gasteiger charge is -2.13. The van der Waals surface area contributed by atoms with E-state index in [-0.39, 0.29) is 6.54 Å². The Morgan fingerprint density at radius 3 is 2.39 bits per heavy atom. The molecule has 0 heterocycles. The van der Waals surface area contributed by atoms with Gasteiger partial charge < -0.3 is 10.1 Å². The molecule has 3 nitrogen and oxygen atoms in total. The monoisotopic (exact) mass is 261 g/mol. The molecule has 6 heteroatoms. The van der Waals surface area contributed by atoms with Crippen LogP contribution in [0, 0.1) is 13.8 Å². The van der Waals surface area contributed by atoms with Gasteiger partial charge in [-0.3, -0.25) is 4.79 Å². The lowest BCUT2D eigenvalue weighted by atomic mass is 10.0. The standard InChI is InChI=1S/C12H14F3NO2/c1-7-8(2)10(18-3)5-4-9(7)6-16-11(17)12(13,14)15/h4-5H,6H2,1-3H3,(H,16,17). The molecule has 0 fully saturated rings. The largest absolute Gasteiger partial charge is 0.496 e. The first-order valence-corrected chi connectivity index (χ1v) is 5.25. The van der Waals surface area contributed by atoms with E-state index >= 15 is 0 Å². The van der Waals surface area contributed by atoms with E-state index < -0.39 is 12.1 Å². The van der Waals surface area contributed by atoms with Crippen LogP contribution in [0.5, 0.6) is 5.75 Å². The number of carbonyl (C=O) groups is 1. The first-order valence-electron chi connectivity index (χ1n) is 5.25. The summed E-state index contributed by atoms with van der Waals surface area (Å²) in [5.74, 6) is -1.27. The Bertz CT molecular complexity index is 455. The van der Waals surface area contributed by atoms with Gasteiger partial charge in [-0.1, -0.05) is 6.07 Å². The SMILES string of the molecule is COc1ccc(CNC(=O)C(F)(F)F)c(C)c1C. The topological polar surface area (TPSA) is 38.3 Å². The van der Waals surface area contributed by atoms with Gasteiger partial charge in [0.1, 0.15) is 5.75 Å². The summed E-state index contributed by atoms with van der Waals surface area (Å²) in [5, 5.41) is 1.84. The minimum absolute atomic E-state index is 0.158. The molecule has 1 rings (SSSR count). The van der Waals surface area contributed by atoms with Crippen LogP contribution in [0.3, 0.4) is 0 Å². The van der Waals surface area contributed by atoms with Gasteiger partial charge in [0.15, 0.2) is 0 Å². The Labute approximate surface area is 103 Å². The van der Waals surface area contributed by atoms with Crippen LogP contribution in [0.15, 0.2) is 12.1 Å². The van der Waals surface area contributed by atoms with Crippen molar-refractivity contribution in [2.75, 3.05) is 7.11 Å². The Kier molecular flexibility index (Phi) is 4.21. The Morgan fingerprint density at radius 1 is 1.28 bits per heavy atom. The van der Waals surface area contributed by atoms with Gasteiger partial charge in [-0.25, -0.2) is 0 Å². The predicted octanol–water partition coefficient (Wildman–Crippen LogP) is 2.49. The normalized spacial score (nSPS) is 11.2. The van der Waals surface area contributed by atoms with E-state index in [4.69, 9.17) is 4.74 Å². The fraction of sp³-hybridized carbons (Fsp3) is 0.417. The van der Waals surface area contributed by atoms with Crippen molar-refractivity contribution < 1.29 is 22.7 Å². The second kappa shape index (κ2) is 5.29. The van der Waals surface area contributed by atoms with Gasteiger partial charge in [0.2, 0.25) is 0 Å². The van der Waals surface area contributed by atoms with E-state index in [0.717, 1.165) is 11.1 Å². The molecule has 1 aromatic carbocycles. The van der Waals surface area contributed by atoms with E-state index in [1.807, 2.05) is 12.2 Å². The van der Waals surface area contributed by atoms with Crippen LogP contribution < -0.4 is 10.1 Å². The maximum absolute atomic E-state index is 12.0. The van der Waals surface area contributed by atoms with Gasteiger partial charge >= 0.3 is 12.1 Å². The molecule has 0 aliphatic heterocycles. The lowest BCUT2D eigenvalue weighted by Crippen LogP contribution is -2.36. The number of halogens is 3. The number of nitrogens with one attached hydrogen (secondary N) is 1. The zero-order valence-corrected chi connectivity index (χ0v) is 10.3. The molecule has 0 saturated heterocycles. The third kappa shape index (κ3) is 3.15. The number of methoxy groups -OCH3 is 1. The number of alkyl halides is 3. The second-order valence-corrected chi connectivity index (χ2v) is 3.86. The van der Waals surface area contributed by atoms with E-state index in [1.54, 1.807) is 19.1 Å². The van der Waals surface area contributed by atoms with Gasteiger partial charge in [-0.2, -0.15) is 13.2 Å². The molecule has 1 N–H and O–H groups in total. The summed E-state index contributed by atoms with van der Waals surface area (Å²) in [7, 11) is 1.52. The average molecular weight is 261 g/mol. The highest BCUT2D eigenvalue weighted by Gasteiger charge is 2.38. The van der Waals surface area contributed by atoms with Crippen LogP contribution in [0.1, 0.15) is 16.7 Å². The molecule has 0 atom stereocenters. The number of benzene rings is 1. The number of rotatable bonds is 3. The fourth-order valence-corrected chi connectivity index (χ4v) is 1.54. The molecule has 0 aliphatic rings. The lowest BCUT2D eigenvalue weighted by molar-refractivity contribution is -0.173. The summed E-state index contributed by atoms with van der Waals surface area (Å²) >= 11 is 0. The molecule has 0 spiro atoms. The highest BCUT2D eigenvalue weighted by Crippen LogP contribution is 2.24. The molecule has 0 aliphatic carbocycles. The molecule has 0 bridgehead atoms. The summed E-state index contributed by atoms with van der Waals surface area (Å²) in [4.78, 5) is 10.7. The van der Waals surface area contributed by atoms with Crippen molar-refractivity contribution in [1.82, 2.24) is 5.32 Å². The number of hydrogen-bond acceptors (Lipinski definition) is 2. The fourth-order valence-electron chi connectivity index (χ4n) is 1.54. The molecular weight excluding hydrogens is 247 g/mol. The van der Waals surface area contributed by atoms with Crippen LogP contribution in [0.2, 0.25) is 0 Å². The molecular formula is C12H14F3NO2. The molecule has 0 saturated carbocycles. The number of hydrogen-bond donors (Lipinski definition) is 1. The van der Waals surface area contributed by atoms with Gasteiger partial charge in [-0.15, -0.1) is 0 Å². The summed E-state index contributed by atoms with van der Waals surface area (Å²) in [6.45, 7) is 3.42. The molecule has 1 aromatic rings. The minimum atomic E-state index is -4.85. The van der Waals surface area contributed by atoms with Gasteiger partial charge in [0, 0.05) is 6.54 Å². The average Bonchev–Trinajstić information content (AvgIpc) is 2.29. The predicted molar refractivity (Wildman–Crippen MR) is 60.4 cm³/mol. The van der Waals surface area contributed by atoms with Crippen molar-refractivity contribution in [3.05, 3.63) is 28.8 Å². The zero-order chi connectivity index (χ0) is 13.9. The molecule has 18 heavy (non-hydrogen) atoms. The molecule has 0 aromatic heterocycles. The molecule has 0 radical (unpaired) electrons. The van der Waals surface area contributed by atoms with Crippen LogP contribution in [0.25, 0.3) is 0 Å². The first kappa shape index (κ1) is 14.3. The quantitative estimate of drug-likeness (QED) is 0.907. The Hall–Kier alpha value is -1.72. The van der Waals surface area contributed by atoms with E-state index in [2.05, 4.69) is 0 Å². The van der Waals surface area contributed by atoms with E-state index in [1.165, 1.54) is 7.11 Å². The van der Waals surface area contributed by atoms with Crippen LogP contribution in [-0.2, 0) is 11.3 Å². The molecule has 100 valence electrons. The molecule has 0 unspecified atom stereocenters. The van der Waals surface area contributed by atoms with Crippen LogP contribution >= 0.6 is 0 Å². The summed E-state index contributed by atoms with van der Waals surface area (Å²) in [5.41, 5.74) is 2.28. The van der Waals surface area contributed by atoms with Crippen molar-refractivity contribution in [2.45, 2.75) is 26.6 Å². The van der Waals surface area contributed by atoms with Crippen LogP contribution in [-0.4, -0.2) is 19.2 Å². The van der Waals surface area contributed by atoms with Crippen LogP contribution in [0.4, 0.5) is 13.2 Å². The van der Waals surface area contributed by atoms with Crippen molar-refractivity contribution in [3.8, 4) is 5.75 Å². The van der Waals surface area contributed by atoms with Gasteiger partial charge in [-0.05, 0) is 36.6 Å². The maximum Gasteiger partial charge on any atom is 0.471 e. The van der Waals surface area contributed by atoms with Gasteiger partial charge in [0.05, 0.1) is 7.11 Å². The summed E-state index contributed by atoms with van der Waals surface area (Å²) < 4.78 is 41.1. The van der Waals surface area contributed by atoms with Crippen molar-refractivity contribution in [1.29, 1.82) is 0 Å². The summed E-state index contributed by atoms with van der Waals surface area (Å²) in [6.07, 6.45) is -4.85. The zero-order valence-electron chi connectivity index (χ0n) is 10.3. The van der Waals surface area contributed by atoms with Crippen molar-refractivity contribution in [3.63, 3.8) is 0 Å². The number of carbonyl (C=O) groups excluding carboxylic acids is 1. The van der Waals surface area contributed by atoms with Crippen molar-refractivity contribution in [2.24, 2.45) is 0 Å². The molecule has 1 amide bonds. The number of amides is 1. The Balaban J connectivity index is 2.81. The van der Waals surface area contributed by atoms with E-state index in [9.17, 15) is 18.0 Å². The van der Waals surface area contributed by atoms with E-state index in [0.29, 0.717) is 11.3 Å². The number of ether oxygens (including phenoxy) is 1. The first-order chi connectivity index (χ1) is 8.27. The van der Waals surface area contributed by atoms with Gasteiger partial charge in [0.25, 0.3) is 0 Å². The summed E-state index contributed by atoms with van der Waals surface area (Å²) in [6, 6.07) is 3.30. The smallest absolute Gasteiger partial charge is 0.471 e. The second-order valence-electron chi connectivity index (χ2n) is 3.86. The minimum Gasteiger partial charge on any atom is -0.496 e. The maximum atomic E-state index is 12.0. The highest BCUT2D eigenvalue weighted by molar-refractivity contribution is 5.81. The third-order valence-corrected chi connectivity index (χ3v) is 2.77. The van der Waals surface area contributed by atoms with Crippen molar-refractivity contribution >= 4 is 5.91 Å². The highest BCUT2D eigenvalue weighted by atomic mass is 19.4. The third-order valence-electron chi connectivity index (χ3n) is 2.77.